The SMILES string of the molecule is C=CC(=O)OCCCCCCCCCOc1cccc(-c2nc3cc(OC(=O)c4ccc(OCCOCCOCC)cc4)ccc3nc2-c2cccc(OC(=O)c3ccc(C(=O)OC4CCC(C(=O)Oc5ccc(OCCCCCCO)cc5)CC4)cc3)c2)c1. The normalized spacial score (nSPS) is 13.6. The maximum atomic E-state index is 13.7. The number of aliphatic hydroxyl groups is 1. The highest BCUT2D eigenvalue weighted by Crippen LogP contribution is 2.36. The molecule has 90 heavy (non-hydrogen) atoms. The van der Waals surface area contributed by atoms with Crippen LogP contribution in [0, 0.1) is 5.92 Å². The lowest BCUT2D eigenvalue weighted by atomic mass is 9.87. The van der Waals surface area contributed by atoms with Gasteiger partial charge in [0.05, 0.1) is 84.7 Å². The smallest absolute Gasteiger partial charge is 0.343 e. The van der Waals surface area contributed by atoms with Crippen LogP contribution in [0.15, 0.2) is 152 Å². The summed E-state index contributed by atoms with van der Waals surface area (Å²) in [6.07, 6.45) is 13.3. The van der Waals surface area contributed by atoms with E-state index < -0.39 is 23.9 Å². The number of aromatic nitrogens is 2. The van der Waals surface area contributed by atoms with Gasteiger partial charge in [0.2, 0.25) is 0 Å². The molecule has 8 rings (SSSR count). The maximum Gasteiger partial charge on any atom is 0.343 e. The molecule has 0 amide bonds. The molecule has 6 aromatic carbocycles. The highest BCUT2D eigenvalue weighted by Gasteiger charge is 2.30. The van der Waals surface area contributed by atoms with Gasteiger partial charge in [-0.2, -0.15) is 0 Å². The number of ether oxygens (including phenoxy) is 10. The van der Waals surface area contributed by atoms with Crippen molar-refractivity contribution in [2.45, 2.75) is 109 Å². The molecule has 0 saturated heterocycles. The van der Waals surface area contributed by atoms with Gasteiger partial charge in [-0.3, -0.25) is 4.79 Å². The molecule has 0 bridgehead atoms. The van der Waals surface area contributed by atoms with Crippen LogP contribution in [0.3, 0.4) is 0 Å². The van der Waals surface area contributed by atoms with Crippen LogP contribution in [0.5, 0.6) is 34.5 Å². The van der Waals surface area contributed by atoms with Gasteiger partial charge >= 0.3 is 29.8 Å². The number of carbonyl (C=O) groups is 5. The Morgan fingerprint density at radius 1 is 0.467 bits per heavy atom. The highest BCUT2D eigenvalue weighted by atomic mass is 16.6. The summed E-state index contributed by atoms with van der Waals surface area (Å²) in [6, 6.07) is 39.3. The van der Waals surface area contributed by atoms with E-state index in [2.05, 4.69) is 6.58 Å². The third kappa shape index (κ3) is 21.7. The summed E-state index contributed by atoms with van der Waals surface area (Å²) in [4.78, 5) is 75.0. The van der Waals surface area contributed by atoms with Crippen LogP contribution in [0.4, 0.5) is 0 Å². The number of benzene rings is 6. The zero-order valence-electron chi connectivity index (χ0n) is 51.2. The highest BCUT2D eigenvalue weighted by molar-refractivity contribution is 5.95. The molecule has 1 N–H and O–H groups in total. The monoisotopic (exact) mass is 1230 g/mol. The predicted molar refractivity (Wildman–Crippen MR) is 339 cm³/mol. The van der Waals surface area contributed by atoms with E-state index in [-0.39, 0.29) is 47.2 Å². The second-order valence-corrected chi connectivity index (χ2v) is 21.6. The first-order valence-electron chi connectivity index (χ1n) is 31.2. The Balaban J connectivity index is 0.880. The fourth-order valence-electron chi connectivity index (χ4n) is 9.99. The fourth-order valence-corrected chi connectivity index (χ4v) is 9.99. The molecule has 474 valence electrons. The summed E-state index contributed by atoms with van der Waals surface area (Å²) in [5, 5.41) is 8.94. The molecule has 1 saturated carbocycles. The molecule has 0 radical (unpaired) electrons. The van der Waals surface area contributed by atoms with E-state index >= 15 is 0 Å². The molecule has 0 spiro atoms. The lowest BCUT2D eigenvalue weighted by Crippen LogP contribution is -2.30. The largest absolute Gasteiger partial charge is 0.494 e. The minimum absolute atomic E-state index is 0.201. The van der Waals surface area contributed by atoms with E-state index in [1.54, 1.807) is 84.9 Å². The molecule has 7 aromatic rings. The van der Waals surface area contributed by atoms with Crippen LogP contribution in [0.2, 0.25) is 0 Å². The number of aliphatic hydroxyl groups excluding tert-OH is 1. The van der Waals surface area contributed by atoms with Crippen LogP contribution < -0.4 is 28.4 Å². The summed E-state index contributed by atoms with van der Waals surface area (Å²) >= 11 is 0. The van der Waals surface area contributed by atoms with Crippen LogP contribution >= 0.6 is 0 Å². The zero-order chi connectivity index (χ0) is 63.1. The molecule has 1 aliphatic rings. The van der Waals surface area contributed by atoms with Gasteiger partial charge in [0.15, 0.2) is 0 Å². The molecule has 0 aliphatic heterocycles. The minimum Gasteiger partial charge on any atom is -0.494 e. The lowest BCUT2D eigenvalue weighted by Gasteiger charge is -2.27. The predicted octanol–water partition coefficient (Wildman–Crippen LogP) is 13.9. The Morgan fingerprint density at radius 2 is 0.944 bits per heavy atom. The maximum absolute atomic E-state index is 13.7. The van der Waals surface area contributed by atoms with E-state index in [9.17, 15) is 24.0 Å². The van der Waals surface area contributed by atoms with Gasteiger partial charge in [0, 0.05) is 36.5 Å². The molecular weight excluding hydrogens is 1150 g/mol. The molecular formula is C72H80N2O16. The van der Waals surface area contributed by atoms with E-state index in [1.165, 1.54) is 30.3 Å². The molecule has 1 fully saturated rings. The first kappa shape index (κ1) is 67.0. The number of carbonyl (C=O) groups excluding carboxylic acids is 5. The van der Waals surface area contributed by atoms with Gasteiger partial charge in [-0.15, -0.1) is 0 Å². The van der Waals surface area contributed by atoms with Crippen molar-refractivity contribution in [1.29, 1.82) is 0 Å². The average molecular weight is 1230 g/mol. The van der Waals surface area contributed by atoms with Gasteiger partial charge < -0.3 is 52.5 Å². The molecule has 0 atom stereocenters. The zero-order valence-corrected chi connectivity index (χ0v) is 51.2. The van der Waals surface area contributed by atoms with Crippen LogP contribution in [0.25, 0.3) is 33.5 Å². The standard InChI is InChI=1S/C72H80N2O16/c1-3-66(76)86-43-15-10-7-5-6-9-13-42-84-61-20-16-18-55(48-61)68-67(73-64-39-38-63(50-65(64)74-68)90-72(80)53-26-30-57(31-27-53)85-47-46-82-45-44-81-4-2)56-19-17-21-62(49-56)89-71(79)52-24-22-51(23-25-52)69(77)87-59-32-28-54(29-33-59)70(78)88-60-36-34-58(35-37-60)83-41-14-11-8-12-40-75/h3,16-27,30-31,34-39,48-50,54,59,75H,1,4-15,28-29,32-33,40-47H2,2H3. The van der Waals surface area contributed by atoms with E-state index in [4.69, 9.17) is 62.4 Å². The van der Waals surface area contributed by atoms with Crippen molar-refractivity contribution < 1.29 is 76.4 Å². The topological polar surface area (TPSA) is 224 Å². The van der Waals surface area contributed by atoms with Gasteiger partial charge in [0.1, 0.15) is 47.2 Å². The number of fused-ring (bicyclic) bond motifs is 1. The summed E-state index contributed by atoms with van der Waals surface area (Å²) in [7, 11) is 0. The van der Waals surface area contributed by atoms with Gasteiger partial charge in [-0.25, -0.2) is 29.1 Å². The van der Waals surface area contributed by atoms with Crippen molar-refractivity contribution >= 4 is 40.9 Å². The van der Waals surface area contributed by atoms with Crippen molar-refractivity contribution in [1.82, 2.24) is 9.97 Å². The van der Waals surface area contributed by atoms with Crippen molar-refractivity contribution in [2.75, 3.05) is 59.5 Å². The summed E-state index contributed by atoms with van der Waals surface area (Å²) in [6.45, 7) is 9.41. The summed E-state index contributed by atoms with van der Waals surface area (Å²) in [5.74, 6) is 0.0430. The number of hydrogen-bond donors (Lipinski definition) is 1. The lowest BCUT2D eigenvalue weighted by molar-refractivity contribution is -0.141. The molecule has 0 unspecified atom stereocenters. The van der Waals surface area contributed by atoms with Crippen LogP contribution in [-0.4, -0.2) is 110 Å². The Kier molecular flexibility index (Phi) is 27.2. The third-order valence-corrected chi connectivity index (χ3v) is 14.9. The van der Waals surface area contributed by atoms with Crippen molar-refractivity contribution in [3.63, 3.8) is 0 Å². The number of hydrogen-bond acceptors (Lipinski definition) is 18. The van der Waals surface area contributed by atoms with E-state index in [1.807, 2.05) is 37.3 Å². The van der Waals surface area contributed by atoms with E-state index in [0.717, 1.165) is 70.6 Å². The number of rotatable bonds is 37. The fraction of sp³-hybridized carbons (Fsp3) is 0.375. The van der Waals surface area contributed by atoms with Crippen molar-refractivity contribution in [3.05, 3.63) is 169 Å². The number of esters is 5. The molecule has 1 aromatic heterocycles. The Morgan fingerprint density at radius 3 is 1.57 bits per heavy atom. The molecule has 18 nitrogen and oxygen atoms in total. The molecule has 18 heteroatoms. The number of unbranched alkanes of at least 4 members (excludes halogenated alkanes) is 9. The second kappa shape index (κ2) is 36.5. The Labute approximate surface area is 525 Å². The number of nitrogens with zero attached hydrogens (tertiary/aromatic N) is 2. The van der Waals surface area contributed by atoms with Gasteiger partial charge in [-0.1, -0.05) is 69.4 Å². The summed E-state index contributed by atoms with van der Waals surface area (Å²) in [5.41, 5.74) is 4.05. The van der Waals surface area contributed by atoms with E-state index in [0.29, 0.717) is 141 Å². The molecule has 1 aliphatic carbocycles. The van der Waals surface area contributed by atoms with Crippen LogP contribution in [-0.2, 0) is 28.5 Å². The second-order valence-electron chi connectivity index (χ2n) is 21.6. The quantitative estimate of drug-likeness (QED) is 0.0165. The minimum atomic E-state index is -0.651. The van der Waals surface area contributed by atoms with Crippen LogP contribution in [0.1, 0.15) is 134 Å². The van der Waals surface area contributed by atoms with Crippen molar-refractivity contribution in [3.8, 4) is 57.0 Å². The Bertz CT molecular complexity index is 3420. The van der Waals surface area contributed by atoms with Crippen molar-refractivity contribution in [2.24, 2.45) is 5.92 Å². The molecule has 1 heterocycles. The first-order chi connectivity index (χ1) is 44.0. The van der Waals surface area contributed by atoms with Gasteiger partial charge in [0.25, 0.3) is 0 Å². The average Bonchev–Trinajstić information content (AvgIpc) is 1.40. The first-order valence-corrected chi connectivity index (χ1v) is 31.2. The third-order valence-electron chi connectivity index (χ3n) is 14.9. The van der Waals surface area contributed by atoms with Gasteiger partial charge in [-0.05, 0) is 174 Å². The summed E-state index contributed by atoms with van der Waals surface area (Å²) < 4.78 is 57.0. The Hall–Kier alpha value is -8.97.